The lowest BCUT2D eigenvalue weighted by molar-refractivity contribution is 0.252. The van der Waals surface area contributed by atoms with Crippen LogP contribution in [0, 0.1) is 11.3 Å². The molecule has 0 saturated heterocycles. The summed E-state index contributed by atoms with van der Waals surface area (Å²) in [6.45, 7) is 5.62. The first-order valence-corrected chi connectivity index (χ1v) is 8.96. The Bertz CT molecular complexity index is 445. The number of anilines is 1. The lowest BCUT2D eigenvalue weighted by Crippen LogP contribution is -2.28. The highest BCUT2D eigenvalue weighted by Gasteiger charge is 2.34. The van der Waals surface area contributed by atoms with Gasteiger partial charge in [0.2, 0.25) is 0 Å². The van der Waals surface area contributed by atoms with Gasteiger partial charge >= 0.3 is 0 Å². The first-order chi connectivity index (χ1) is 9.53. The van der Waals surface area contributed by atoms with Crippen molar-refractivity contribution >= 4 is 29.2 Å². The third-order valence-electron chi connectivity index (χ3n) is 4.01. The lowest BCUT2D eigenvalue weighted by Gasteiger charge is -2.31. The Morgan fingerprint density at radius 3 is 2.65 bits per heavy atom. The molecule has 0 radical (unpaired) electrons. The van der Waals surface area contributed by atoms with Crippen LogP contribution < -0.4 is 5.32 Å². The molecule has 1 aliphatic rings. The van der Waals surface area contributed by atoms with Crippen LogP contribution in [0.1, 0.15) is 46.0 Å². The quantitative estimate of drug-likeness (QED) is 0.462. The molecule has 0 unspecified atom stereocenters. The van der Waals surface area contributed by atoms with E-state index in [0.29, 0.717) is 10.6 Å². The van der Waals surface area contributed by atoms with Crippen molar-refractivity contribution in [1.29, 1.82) is 0 Å². The fourth-order valence-corrected chi connectivity index (χ4v) is 3.91. The van der Waals surface area contributed by atoms with Crippen molar-refractivity contribution in [2.24, 2.45) is 11.3 Å². The van der Waals surface area contributed by atoms with Gasteiger partial charge in [-0.3, -0.25) is 0 Å². The number of nitrogens with zero attached hydrogens (tertiary/aromatic N) is 2. The highest BCUT2D eigenvalue weighted by Crippen LogP contribution is 2.43. The average molecular weight is 314 g/mol. The molecular formula is C15H24ClN3S. The topological polar surface area (TPSA) is 37.8 Å². The average Bonchev–Trinajstić information content (AvgIpc) is 2.84. The molecule has 0 aliphatic heterocycles. The van der Waals surface area contributed by atoms with Gasteiger partial charge < -0.3 is 5.32 Å². The summed E-state index contributed by atoms with van der Waals surface area (Å²) in [4.78, 5) is 8.65. The number of thioether (sulfide) groups is 1. The predicted octanol–water partition coefficient (Wildman–Crippen LogP) is 4.87. The van der Waals surface area contributed by atoms with E-state index >= 15 is 0 Å². The van der Waals surface area contributed by atoms with Crippen LogP contribution in [0.2, 0.25) is 5.15 Å². The molecule has 1 fully saturated rings. The van der Waals surface area contributed by atoms with Gasteiger partial charge in [0.25, 0.3) is 0 Å². The Morgan fingerprint density at radius 2 is 2.05 bits per heavy atom. The molecule has 1 aromatic rings. The van der Waals surface area contributed by atoms with Gasteiger partial charge in [-0.25, -0.2) is 9.97 Å². The second-order valence-electron chi connectivity index (χ2n) is 6.22. The standard InChI is InChI=1S/C15H24ClN3S/c1-11(2)9-15(6-4-5-7-15)10-17-13-8-12(16)18-14(19-13)20-3/h8,11H,4-7,9-10H2,1-3H3,(H,17,18,19). The highest BCUT2D eigenvalue weighted by molar-refractivity contribution is 7.98. The van der Waals surface area contributed by atoms with Gasteiger partial charge in [0.1, 0.15) is 11.0 Å². The Balaban J connectivity index is 2.04. The number of nitrogens with one attached hydrogen (secondary N) is 1. The van der Waals surface area contributed by atoms with Crippen LogP contribution >= 0.6 is 23.4 Å². The smallest absolute Gasteiger partial charge is 0.190 e. The lowest BCUT2D eigenvalue weighted by atomic mass is 9.78. The molecule has 1 aromatic heterocycles. The number of halogens is 1. The summed E-state index contributed by atoms with van der Waals surface area (Å²) in [6, 6.07) is 1.82. The molecule has 1 saturated carbocycles. The zero-order valence-corrected chi connectivity index (χ0v) is 14.2. The van der Waals surface area contributed by atoms with Gasteiger partial charge in [-0.2, -0.15) is 0 Å². The third kappa shape index (κ3) is 4.26. The molecule has 112 valence electrons. The van der Waals surface area contributed by atoms with E-state index in [1.54, 1.807) is 0 Å². The zero-order chi connectivity index (χ0) is 14.6. The van der Waals surface area contributed by atoms with Gasteiger partial charge in [0.05, 0.1) is 0 Å². The predicted molar refractivity (Wildman–Crippen MR) is 87.7 cm³/mol. The van der Waals surface area contributed by atoms with Crippen molar-refractivity contribution in [3.8, 4) is 0 Å². The van der Waals surface area contributed by atoms with E-state index in [1.165, 1.54) is 43.9 Å². The maximum Gasteiger partial charge on any atom is 0.190 e. The van der Waals surface area contributed by atoms with E-state index in [0.717, 1.165) is 23.4 Å². The molecule has 1 heterocycles. The number of hydrogen-bond acceptors (Lipinski definition) is 4. The van der Waals surface area contributed by atoms with E-state index in [-0.39, 0.29) is 0 Å². The largest absolute Gasteiger partial charge is 0.369 e. The molecule has 1 N–H and O–H groups in total. The van der Waals surface area contributed by atoms with Crippen LogP contribution in [-0.2, 0) is 0 Å². The summed E-state index contributed by atoms with van der Waals surface area (Å²) in [5.74, 6) is 1.59. The van der Waals surface area contributed by atoms with Crippen LogP contribution in [0.4, 0.5) is 5.82 Å². The van der Waals surface area contributed by atoms with E-state index in [2.05, 4.69) is 29.1 Å². The van der Waals surface area contributed by atoms with Crippen molar-refractivity contribution < 1.29 is 0 Å². The molecule has 0 aromatic carbocycles. The minimum absolute atomic E-state index is 0.436. The Hall–Kier alpha value is -0.480. The minimum atomic E-state index is 0.436. The summed E-state index contributed by atoms with van der Waals surface area (Å²) in [5.41, 5.74) is 0.436. The van der Waals surface area contributed by atoms with Crippen LogP contribution in [-0.4, -0.2) is 22.8 Å². The van der Waals surface area contributed by atoms with Gasteiger partial charge in [-0.05, 0) is 36.9 Å². The Kier molecular flexibility index (Phi) is 5.56. The van der Waals surface area contributed by atoms with Crippen molar-refractivity contribution in [2.75, 3.05) is 18.1 Å². The van der Waals surface area contributed by atoms with E-state index in [1.807, 2.05) is 12.3 Å². The Labute approximate surface area is 131 Å². The highest BCUT2D eigenvalue weighted by atomic mass is 35.5. The van der Waals surface area contributed by atoms with Crippen molar-refractivity contribution in [3.05, 3.63) is 11.2 Å². The van der Waals surface area contributed by atoms with Gasteiger partial charge in [-0.15, -0.1) is 0 Å². The molecule has 5 heteroatoms. The van der Waals surface area contributed by atoms with Crippen LogP contribution in [0.25, 0.3) is 0 Å². The number of rotatable bonds is 6. The van der Waals surface area contributed by atoms with Crippen LogP contribution in [0.3, 0.4) is 0 Å². The minimum Gasteiger partial charge on any atom is -0.369 e. The summed E-state index contributed by atoms with van der Waals surface area (Å²) in [7, 11) is 0. The van der Waals surface area contributed by atoms with Crippen molar-refractivity contribution in [1.82, 2.24) is 9.97 Å². The van der Waals surface area contributed by atoms with E-state index in [9.17, 15) is 0 Å². The Morgan fingerprint density at radius 1 is 1.35 bits per heavy atom. The second-order valence-corrected chi connectivity index (χ2v) is 7.38. The monoisotopic (exact) mass is 313 g/mol. The normalized spacial score (nSPS) is 17.6. The van der Waals surface area contributed by atoms with Crippen molar-refractivity contribution in [2.45, 2.75) is 51.1 Å². The molecule has 20 heavy (non-hydrogen) atoms. The summed E-state index contributed by atoms with van der Waals surface area (Å²) in [5, 5.41) is 4.74. The molecule has 3 nitrogen and oxygen atoms in total. The summed E-state index contributed by atoms with van der Waals surface area (Å²) < 4.78 is 0. The van der Waals surface area contributed by atoms with Crippen LogP contribution in [0.5, 0.6) is 0 Å². The third-order valence-corrected chi connectivity index (χ3v) is 4.75. The zero-order valence-electron chi connectivity index (χ0n) is 12.6. The molecular weight excluding hydrogens is 290 g/mol. The SMILES string of the molecule is CSc1nc(Cl)cc(NCC2(CC(C)C)CCCC2)n1. The van der Waals surface area contributed by atoms with Gasteiger partial charge in [0, 0.05) is 12.6 Å². The molecule has 0 spiro atoms. The number of hydrogen-bond donors (Lipinski definition) is 1. The van der Waals surface area contributed by atoms with E-state index in [4.69, 9.17) is 11.6 Å². The molecule has 1 aliphatic carbocycles. The fourth-order valence-electron chi connectivity index (χ4n) is 3.30. The van der Waals surface area contributed by atoms with Crippen molar-refractivity contribution in [3.63, 3.8) is 0 Å². The van der Waals surface area contributed by atoms with Gasteiger partial charge in [-0.1, -0.05) is 50.1 Å². The first-order valence-electron chi connectivity index (χ1n) is 7.35. The first kappa shape index (κ1) is 15.9. The van der Waals surface area contributed by atoms with E-state index < -0.39 is 0 Å². The second kappa shape index (κ2) is 6.99. The summed E-state index contributed by atoms with van der Waals surface area (Å²) >= 11 is 7.56. The molecule has 0 atom stereocenters. The van der Waals surface area contributed by atoms with Gasteiger partial charge in [0.15, 0.2) is 5.16 Å². The molecule has 2 rings (SSSR count). The molecule has 0 bridgehead atoms. The maximum absolute atomic E-state index is 6.04. The number of aromatic nitrogens is 2. The maximum atomic E-state index is 6.04. The van der Waals surface area contributed by atoms with Crippen LogP contribution in [0.15, 0.2) is 11.2 Å². The molecule has 0 amide bonds. The summed E-state index contributed by atoms with van der Waals surface area (Å²) in [6.07, 6.45) is 8.61. The fraction of sp³-hybridized carbons (Fsp3) is 0.733.